The summed E-state index contributed by atoms with van der Waals surface area (Å²) in [6.45, 7) is 5.30. The van der Waals surface area contributed by atoms with Crippen molar-refractivity contribution >= 4 is 0 Å². The molecule has 100 valence electrons. The van der Waals surface area contributed by atoms with Crippen molar-refractivity contribution in [3.63, 3.8) is 0 Å². The summed E-state index contributed by atoms with van der Waals surface area (Å²) in [6, 6.07) is 8.61. The lowest BCUT2D eigenvalue weighted by atomic mass is 9.96. The van der Waals surface area contributed by atoms with Crippen LogP contribution in [0.2, 0.25) is 0 Å². The monoisotopic (exact) mass is 248 g/mol. The van der Waals surface area contributed by atoms with Crippen molar-refractivity contribution in [2.45, 2.75) is 25.8 Å². The van der Waals surface area contributed by atoms with E-state index in [1.807, 2.05) is 12.1 Å². The minimum absolute atomic E-state index is 0.322. The first-order valence-corrected chi connectivity index (χ1v) is 6.82. The van der Waals surface area contributed by atoms with Crippen molar-refractivity contribution in [1.29, 1.82) is 0 Å². The Kier molecular flexibility index (Phi) is 4.61. The van der Waals surface area contributed by atoms with Crippen LogP contribution < -0.4 is 10.5 Å². The summed E-state index contributed by atoms with van der Waals surface area (Å²) in [5.41, 5.74) is 7.26. The topological polar surface area (TPSA) is 38.5 Å². The first-order valence-electron chi connectivity index (χ1n) is 6.82. The average Bonchev–Trinajstić information content (AvgIpc) is 2.40. The highest BCUT2D eigenvalue weighted by atomic mass is 16.5. The highest BCUT2D eigenvalue weighted by Gasteiger charge is 2.24. The molecule has 1 saturated heterocycles. The molecule has 1 fully saturated rings. The van der Waals surface area contributed by atoms with Gasteiger partial charge in [-0.15, -0.1) is 0 Å². The van der Waals surface area contributed by atoms with Gasteiger partial charge in [-0.25, -0.2) is 0 Å². The van der Waals surface area contributed by atoms with E-state index in [1.54, 1.807) is 7.11 Å². The van der Waals surface area contributed by atoms with Gasteiger partial charge < -0.3 is 10.5 Å². The molecular weight excluding hydrogens is 224 g/mol. The van der Waals surface area contributed by atoms with Gasteiger partial charge in [-0.1, -0.05) is 19.1 Å². The average molecular weight is 248 g/mol. The van der Waals surface area contributed by atoms with Gasteiger partial charge in [0.1, 0.15) is 5.75 Å². The molecule has 2 N–H and O–H groups in total. The van der Waals surface area contributed by atoms with Crippen molar-refractivity contribution in [3.8, 4) is 5.75 Å². The molecular formula is C15H24N2O. The molecule has 0 radical (unpaired) electrons. The van der Waals surface area contributed by atoms with Crippen molar-refractivity contribution in [1.82, 2.24) is 4.90 Å². The molecule has 18 heavy (non-hydrogen) atoms. The molecule has 3 heteroatoms. The van der Waals surface area contributed by atoms with E-state index in [4.69, 9.17) is 10.5 Å². The Hall–Kier alpha value is -1.06. The van der Waals surface area contributed by atoms with Crippen LogP contribution in [0.25, 0.3) is 0 Å². The molecule has 0 bridgehead atoms. The Morgan fingerprint density at radius 3 is 3.00 bits per heavy atom. The molecule has 2 atom stereocenters. The van der Waals surface area contributed by atoms with Crippen LogP contribution in [-0.4, -0.2) is 31.6 Å². The molecule has 3 nitrogen and oxygen atoms in total. The van der Waals surface area contributed by atoms with Gasteiger partial charge in [0.2, 0.25) is 0 Å². The van der Waals surface area contributed by atoms with Crippen LogP contribution >= 0.6 is 0 Å². The predicted molar refractivity (Wildman–Crippen MR) is 74.8 cm³/mol. The first-order chi connectivity index (χ1) is 8.74. The Balaban J connectivity index is 2.16. The Morgan fingerprint density at radius 2 is 2.33 bits per heavy atom. The zero-order valence-corrected chi connectivity index (χ0v) is 11.4. The standard InChI is InChI=1S/C15H24N2O/c1-12-5-4-8-17(11-12)15(10-16)13-6-3-7-14(9-13)18-2/h3,6-7,9,12,15H,4-5,8,10-11,16H2,1-2H3/t12-,15-/m0/s1. The van der Waals surface area contributed by atoms with Gasteiger partial charge in [0, 0.05) is 19.1 Å². The number of piperidine rings is 1. The number of hydrogen-bond acceptors (Lipinski definition) is 3. The highest BCUT2D eigenvalue weighted by molar-refractivity contribution is 5.30. The van der Waals surface area contributed by atoms with Crippen molar-refractivity contribution in [2.75, 3.05) is 26.7 Å². The Morgan fingerprint density at radius 1 is 1.50 bits per heavy atom. The summed E-state index contributed by atoms with van der Waals surface area (Å²) in [5.74, 6) is 1.69. The Labute approximate surface area is 110 Å². The normalized spacial score (nSPS) is 22.7. The number of methoxy groups -OCH3 is 1. The summed E-state index contributed by atoms with van der Waals surface area (Å²) in [7, 11) is 1.71. The van der Waals surface area contributed by atoms with Crippen LogP contribution in [0.5, 0.6) is 5.75 Å². The van der Waals surface area contributed by atoms with Crippen LogP contribution in [0.15, 0.2) is 24.3 Å². The molecule has 2 rings (SSSR count). The largest absolute Gasteiger partial charge is 0.497 e. The number of rotatable bonds is 4. The van der Waals surface area contributed by atoms with Gasteiger partial charge in [0.25, 0.3) is 0 Å². The summed E-state index contributed by atoms with van der Waals surface area (Å²) in [5, 5.41) is 0. The lowest BCUT2D eigenvalue weighted by molar-refractivity contribution is 0.133. The SMILES string of the molecule is COc1cccc([C@H](CN)N2CCC[C@H](C)C2)c1. The molecule has 0 unspecified atom stereocenters. The van der Waals surface area contributed by atoms with E-state index >= 15 is 0 Å². The highest BCUT2D eigenvalue weighted by Crippen LogP contribution is 2.27. The van der Waals surface area contributed by atoms with Gasteiger partial charge in [-0.2, -0.15) is 0 Å². The maximum absolute atomic E-state index is 5.99. The maximum atomic E-state index is 5.99. The fraction of sp³-hybridized carbons (Fsp3) is 0.600. The van der Waals surface area contributed by atoms with Crippen LogP contribution in [0.1, 0.15) is 31.4 Å². The van der Waals surface area contributed by atoms with Crippen LogP contribution in [-0.2, 0) is 0 Å². The molecule has 0 saturated carbocycles. The van der Waals surface area contributed by atoms with E-state index in [-0.39, 0.29) is 0 Å². The first kappa shape index (κ1) is 13.4. The van der Waals surface area contributed by atoms with Gasteiger partial charge in [-0.3, -0.25) is 4.90 Å². The molecule has 0 spiro atoms. The molecule has 1 aliphatic rings. The zero-order valence-electron chi connectivity index (χ0n) is 11.4. The molecule has 0 aliphatic carbocycles. The molecule has 1 aliphatic heterocycles. The third kappa shape index (κ3) is 3.03. The number of benzene rings is 1. The van der Waals surface area contributed by atoms with E-state index in [0.29, 0.717) is 12.6 Å². The van der Waals surface area contributed by atoms with E-state index in [1.165, 1.54) is 18.4 Å². The number of ether oxygens (including phenoxy) is 1. The molecule has 1 aromatic rings. The Bertz CT molecular complexity index is 381. The smallest absolute Gasteiger partial charge is 0.119 e. The minimum atomic E-state index is 0.322. The summed E-state index contributed by atoms with van der Waals surface area (Å²) < 4.78 is 5.30. The van der Waals surface area contributed by atoms with E-state index < -0.39 is 0 Å². The third-order valence-electron chi connectivity index (χ3n) is 3.83. The van der Waals surface area contributed by atoms with Crippen LogP contribution in [0, 0.1) is 5.92 Å². The van der Waals surface area contributed by atoms with E-state index in [0.717, 1.165) is 24.8 Å². The van der Waals surface area contributed by atoms with E-state index in [9.17, 15) is 0 Å². The number of nitrogens with two attached hydrogens (primary N) is 1. The summed E-state index contributed by atoms with van der Waals surface area (Å²) in [4.78, 5) is 2.52. The summed E-state index contributed by atoms with van der Waals surface area (Å²) in [6.07, 6.45) is 2.62. The van der Waals surface area contributed by atoms with Gasteiger partial charge in [-0.05, 0) is 43.0 Å². The number of likely N-dealkylation sites (tertiary alicyclic amines) is 1. The fourth-order valence-corrected chi connectivity index (χ4v) is 2.85. The molecule has 1 heterocycles. The predicted octanol–water partition coefficient (Wildman–Crippen LogP) is 2.43. The molecule has 0 aromatic heterocycles. The molecule has 0 amide bonds. The fourth-order valence-electron chi connectivity index (χ4n) is 2.85. The number of hydrogen-bond donors (Lipinski definition) is 1. The second kappa shape index (κ2) is 6.21. The zero-order chi connectivity index (χ0) is 13.0. The minimum Gasteiger partial charge on any atom is -0.497 e. The summed E-state index contributed by atoms with van der Waals surface area (Å²) >= 11 is 0. The lowest BCUT2D eigenvalue weighted by Crippen LogP contribution is -2.40. The van der Waals surface area contributed by atoms with Crippen LogP contribution in [0.3, 0.4) is 0 Å². The maximum Gasteiger partial charge on any atom is 0.119 e. The van der Waals surface area contributed by atoms with E-state index in [2.05, 4.69) is 24.0 Å². The van der Waals surface area contributed by atoms with Crippen molar-refractivity contribution in [2.24, 2.45) is 11.7 Å². The molecule has 1 aromatic carbocycles. The van der Waals surface area contributed by atoms with Crippen molar-refractivity contribution < 1.29 is 4.74 Å². The quantitative estimate of drug-likeness (QED) is 0.889. The lowest BCUT2D eigenvalue weighted by Gasteiger charge is -2.37. The second-order valence-corrected chi connectivity index (χ2v) is 5.27. The third-order valence-corrected chi connectivity index (χ3v) is 3.83. The number of nitrogens with zero attached hydrogens (tertiary/aromatic N) is 1. The van der Waals surface area contributed by atoms with Crippen molar-refractivity contribution in [3.05, 3.63) is 29.8 Å². The van der Waals surface area contributed by atoms with Gasteiger partial charge in [0.15, 0.2) is 0 Å². The van der Waals surface area contributed by atoms with Crippen LogP contribution in [0.4, 0.5) is 0 Å². The van der Waals surface area contributed by atoms with Gasteiger partial charge in [0.05, 0.1) is 7.11 Å². The second-order valence-electron chi connectivity index (χ2n) is 5.27. The van der Waals surface area contributed by atoms with Gasteiger partial charge >= 0.3 is 0 Å².